The molecule has 6 nitrogen and oxygen atoms in total. The minimum atomic E-state index is -0.152. The van der Waals surface area contributed by atoms with E-state index < -0.39 is 0 Å². The quantitative estimate of drug-likeness (QED) is 0.896. The number of nitrogens with one attached hydrogen (secondary N) is 1. The first-order valence-electron chi connectivity index (χ1n) is 8.73. The molecule has 1 saturated heterocycles. The Morgan fingerprint density at radius 2 is 2.04 bits per heavy atom. The van der Waals surface area contributed by atoms with Crippen molar-refractivity contribution in [3.05, 3.63) is 34.7 Å². The number of likely N-dealkylation sites (tertiary alicyclic amines) is 1. The van der Waals surface area contributed by atoms with E-state index in [2.05, 4.69) is 17.1 Å². The zero-order valence-corrected chi connectivity index (χ0v) is 14.5. The van der Waals surface area contributed by atoms with Crippen molar-refractivity contribution in [3.8, 4) is 0 Å². The van der Waals surface area contributed by atoms with Crippen LogP contribution >= 0.6 is 0 Å². The maximum absolute atomic E-state index is 12.4. The van der Waals surface area contributed by atoms with Crippen molar-refractivity contribution in [2.45, 2.75) is 26.3 Å². The Labute approximate surface area is 142 Å². The Morgan fingerprint density at radius 3 is 2.79 bits per heavy atom. The molecule has 3 rings (SSSR count). The molecule has 1 aliphatic rings. The second-order valence-corrected chi connectivity index (χ2v) is 6.62. The number of aromatic nitrogens is 2. The van der Waals surface area contributed by atoms with Gasteiger partial charge in [-0.3, -0.25) is 13.9 Å². The zero-order chi connectivity index (χ0) is 17.1. The van der Waals surface area contributed by atoms with Crippen LogP contribution in [0.25, 0.3) is 11.0 Å². The Morgan fingerprint density at radius 1 is 1.29 bits per heavy atom. The number of benzene rings is 1. The molecule has 6 heteroatoms. The molecule has 1 N–H and O–H groups in total. The number of fused-ring (bicyclic) bond motifs is 1. The van der Waals surface area contributed by atoms with Gasteiger partial charge in [0, 0.05) is 20.1 Å². The summed E-state index contributed by atoms with van der Waals surface area (Å²) >= 11 is 0. The molecule has 0 unspecified atom stereocenters. The fraction of sp³-hybridized carbons (Fsp3) is 0.556. The van der Waals surface area contributed by atoms with E-state index in [0.717, 1.165) is 37.1 Å². The summed E-state index contributed by atoms with van der Waals surface area (Å²) in [7, 11) is 1.74. The average Bonchev–Trinajstić information content (AvgIpc) is 2.85. The van der Waals surface area contributed by atoms with Crippen molar-refractivity contribution in [1.29, 1.82) is 0 Å². The Bertz CT molecular complexity index is 777. The number of para-hydroxylation sites is 2. The zero-order valence-electron chi connectivity index (χ0n) is 14.5. The molecule has 0 spiro atoms. The number of hydrogen-bond donors (Lipinski definition) is 1. The third-order valence-corrected chi connectivity index (χ3v) is 4.99. The molecule has 0 radical (unpaired) electrons. The fourth-order valence-corrected chi connectivity index (χ4v) is 3.58. The second-order valence-electron chi connectivity index (χ2n) is 6.62. The van der Waals surface area contributed by atoms with E-state index in [1.807, 2.05) is 24.3 Å². The molecule has 130 valence electrons. The SMILES string of the molecule is CCN1CCC[C@@H](CNC(=O)Cn2c(=O)n(C)c3ccccc32)C1. The van der Waals surface area contributed by atoms with Gasteiger partial charge in [-0.2, -0.15) is 0 Å². The maximum Gasteiger partial charge on any atom is 0.329 e. The van der Waals surface area contributed by atoms with E-state index in [9.17, 15) is 9.59 Å². The lowest BCUT2D eigenvalue weighted by Crippen LogP contribution is -2.42. The smallest absolute Gasteiger partial charge is 0.329 e. The highest BCUT2D eigenvalue weighted by Crippen LogP contribution is 2.15. The summed E-state index contributed by atoms with van der Waals surface area (Å²) in [5, 5.41) is 3.01. The van der Waals surface area contributed by atoms with Crippen molar-refractivity contribution < 1.29 is 4.79 Å². The van der Waals surface area contributed by atoms with Crippen LogP contribution in [-0.2, 0) is 18.4 Å². The molecule has 1 amide bonds. The topological polar surface area (TPSA) is 59.3 Å². The van der Waals surface area contributed by atoms with Gasteiger partial charge >= 0.3 is 5.69 Å². The van der Waals surface area contributed by atoms with Gasteiger partial charge in [-0.15, -0.1) is 0 Å². The van der Waals surface area contributed by atoms with Crippen LogP contribution in [0.5, 0.6) is 0 Å². The van der Waals surface area contributed by atoms with E-state index in [-0.39, 0.29) is 18.1 Å². The van der Waals surface area contributed by atoms with Gasteiger partial charge in [0.2, 0.25) is 5.91 Å². The molecule has 2 heterocycles. The van der Waals surface area contributed by atoms with E-state index in [4.69, 9.17) is 0 Å². The van der Waals surface area contributed by atoms with Crippen molar-refractivity contribution in [2.75, 3.05) is 26.2 Å². The summed E-state index contributed by atoms with van der Waals surface area (Å²) in [6.07, 6.45) is 2.35. The number of nitrogens with zero attached hydrogens (tertiary/aromatic N) is 3. The summed E-state index contributed by atoms with van der Waals surface area (Å²) in [4.78, 5) is 27.1. The summed E-state index contributed by atoms with van der Waals surface area (Å²) in [5.41, 5.74) is 1.50. The summed E-state index contributed by atoms with van der Waals surface area (Å²) in [6, 6.07) is 7.56. The largest absolute Gasteiger partial charge is 0.354 e. The van der Waals surface area contributed by atoms with Crippen LogP contribution in [0.3, 0.4) is 0 Å². The highest BCUT2D eigenvalue weighted by atomic mass is 16.2. The predicted molar refractivity (Wildman–Crippen MR) is 95.0 cm³/mol. The molecular formula is C18H26N4O2. The third-order valence-electron chi connectivity index (χ3n) is 4.99. The van der Waals surface area contributed by atoms with Gasteiger partial charge in [-0.1, -0.05) is 19.1 Å². The first-order chi connectivity index (χ1) is 11.6. The third kappa shape index (κ3) is 3.38. The predicted octanol–water partition coefficient (Wildman–Crippen LogP) is 1.19. The molecule has 24 heavy (non-hydrogen) atoms. The van der Waals surface area contributed by atoms with Gasteiger partial charge in [0.1, 0.15) is 6.54 Å². The molecule has 0 aliphatic carbocycles. The number of carbonyl (C=O) groups is 1. The average molecular weight is 330 g/mol. The van der Waals surface area contributed by atoms with E-state index in [1.54, 1.807) is 16.2 Å². The molecule has 1 fully saturated rings. The van der Waals surface area contributed by atoms with Crippen LogP contribution in [0.1, 0.15) is 19.8 Å². The van der Waals surface area contributed by atoms with Gasteiger partial charge < -0.3 is 10.2 Å². The Hall–Kier alpha value is -2.08. The highest BCUT2D eigenvalue weighted by Gasteiger charge is 2.19. The molecule has 1 aromatic carbocycles. The molecule has 1 aliphatic heterocycles. The van der Waals surface area contributed by atoms with E-state index in [1.165, 1.54) is 6.42 Å². The number of amides is 1. The van der Waals surface area contributed by atoms with Crippen LogP contribution in [0, 0.1) is 5.92 Å². The van der Waals surface area contributed by atoms with Crippen molar-refractivity contribution >= 4 is 16.9 Å². The van der Waals surface area contributed by atoms with Crippen molar-refractivity contribution in [2.24, 2.45) is 13.0 Å². The molecule has 2 aromatic rings. The normalized spacial score (nSPS) is 18.8. The Balaban J connectivity index is 1.63. The lowest BCUT2D eigenvalue weighted by Gasteiger charge is -2.31. The lowest BCUT2D eigenvalue weighted by atomic mass is 9.98. The van der Waals surface area contributed by atoms with Gasteiger partial charge in [0.05, 0.1) is 11.0 Å². The second kappa shape index (κ2) is 7.21. The van der Waals surface area contributed by atoms with Crippen molar-refractivity contribution in [3.63, 3.8) is 0 Å². The maximum atomic E-state index is 12.4. The number of carbonyl (C=O) groups excluding carboxylic acids is 1. The highest BCUT2D eigenvalue weighted by molar-refractivity contribution is 5.80. The number of rotatable bonds is 5. The van der Waals surface area contributed by atoms with Crippen LogP contribution in [0.15, 0.2) is 29.1 Å². The summed E-state index contributed by atoms with van der Waals surface area (Å²) < 4.78 is 3.13. The number of aryl methyl sites for hydroxylation is 1. The fourth-order valence-electron chi connectivity index (χ4n) is 3.58. The van der Waals surface area contributed by atoms with Gasteiger partial charge in [-0.05, 0) is 44.0 Å². The molecule has 1 atom stereocenters. The number of hydrogen-bond acceptors (Lipinski definition) is 3. The van der Waals surface area contributed by atoms with Crippen LogP contribution in [-0.4, -0.2) is 46.1 Å². The molecule has 1 aromatic heterocycles. The van der Waals surface area contributed by atoms with Gasteiger partial charge in [-0.25, -0.2) is 4.79 Å². The van der Waals surface area contributed by atoms with Gasteiger partial charge in [0.15, 0.2) is 0 Å². The standard InChI is InChI=1S/C18H26N4O2/c1-3-21-10-6-7-14(12-21)11-19-17(23)13-22-16-9-5-4-8-15(16)20(2)18(22)24/h4-5,8-9,14H,3,6-7,10-13H2,1-2H3,(H,19,23)/t14-/m0/s1. The first kappa shape index (κ1) is 16.8. The molecular weight excluding hydrogens is 304 g/mol. The van der Waals surface area contributed by atoms with E-state index >= 15 is 0 Å². The van der Waals surface area contributed by atoms with Crippen LogP contribution < -0.4 is 11.0 Å². The molecule has 0 bridgehead atoms. The minimum absolute atomic E-state index is 0.0738. The number of imidazole rings is 1. The van der Waals surface area contributed by atoms with Crippen LogP contribution in [0.2, 0.25) is 0 Å². The van der Waals surface area contributed by atoms with E-state index in [0.29, 0.717) is 12.5 Å². The lowest BCUT2D eigenvalue weighted by molar-refractivity contribution is -0.121. The van der Waals surface area contributed by atoms with Gasteiger partial charge in [0.25, 0.3) is 0 Å². The minimum Gasteiger partial charge on any atom is -0.354 e. The first-order valence-corrected chi connectivity index (χ1v) is 8.73. The van der Waals surface area contributed by atoms with Crippen molar-refractivity contribution in [1.82, 2.24) is 19.4 Å². The summed E-state index contributed by atoms with van der Waals surface area (Å²) in [5.74, 6) is 0.411. The summed E-state index contributed by atoms with van der Waals surface area (Å²) in [6.45, 7) is 6.21. The monoisotopic (exact) mass is 330 g/mol. The van der Waals surface area contributed by atoms with Crippen LogP contribution in [0.4, 0.5) is 0 Å². The number of piperidine rings is 1. The Kier molecular flexibility index (Phi) is 5.04. The molecule has 0 saturated carbocycles.